The van der Waals surface area contributed by atoms with Crippen LogP contribution in [-0.4, -0.2) is 27.4 Å². The van der Waals surface area contributed by atoms with Crippen molar-refractivity contribution in [2.45, 2.75) is 32.0 Å². The standard InChI is InChI=1S/C16H18N2O4/c1-2-22-16(19)7-5-11(6-8-16)14-10-17-15-4-3-12(18(20)21)9-13(14)15/h3-5,9-10,17,19H,2,6-8H2,1H3. The zero-order valence-corrected chi connectivity index (χ0v) is 12.3. The molecule has 0 aliphatic heterocycles. The number of aromatic amines is 1. The number of ether oxygens (including phenoxy) is 1. The molecule has 6 heteroatoms. The molecule has 0 saturated carbocycles. The van der Waals surface area contributed by atoms with Gasteiger partial charge in [-0.05, 0) is 25.0 Å². The fraction of sp³-hybridized carbons (Fsp3) is 0.375. The molecule has 0 radical (unpaired) electrons. The molecule has 1 aromatic heterocycles. The quantitative estimate of drug-likeness (QED) is 0.515. The summed E-state index contributed by atoms with van der Waals surface area (Å²) >= 11 is 0. The third-order valence-corrected chi connectivity index (χ3v) is 4.09. The second-order valence-electron chi connectivity index (χ2n) is 5.50. The van der Waals surface area contributed by atoms with Gasteiger partial charge in [0.15, 0.2) is 5.79 Å². The van der Waals surface area contributed by atoms with Gasteiger partial charge in [0.05, 0.1) is 4.92 Å². The summed E-state index contributed by atoms with van der Waals surface area (Å²) < 4.78 is 5.39. The Morgan fingerprint density at radius 1 is 1.50 bits per heavy atom. The van der Waals surface area contributed by atoms with E-state index in [0.717, 1.165) is 22.0 Å². The van der Waals surface area contributed by atoms with E-state index in [1.54, 1.807) is 12.1 Å². The molecule has 3 rings (SSSR count). The number of allylic oxidation sites excluding steroid dienone is 1. The van der Waals surface area contributed by atoms with Crippen molar-refractivity contribution in [3.63, 3.8) is 0 Å². The molecule has 1 aromatic carbocycles. The van der Waals surface area contributed by atoms with E-state index in [1.165, 1.54) is 6.07 Å². The molecule has 1 aliphatic rings. The van der Waals surface area contributed by atoms with Crippen LogP contribution in [0.25, 0.3) is 16.5 Å². The van der Waals surface area contributed by atoms with Gasteiger partial charge in [0.2, 0.25) is 0 Å². The van der Waals surface area contributed by atoms with Crippen LogP contribution in [-0.2, 0) is 4.74 Å². The number of aliphatic hydroxyl groups is 1. The number of H-pyrrole nitrogens is 1. The molecule has 116 valence electrons. The smallest absolute Gasteiger partial charge is 0.270 e. The van der Waals surface area contributed by atoms with Crippen molar-refractivity contribution in [3.8, 4) is 0 Å². The highest BCUT2D eigenvalue weighted by atomic mass is 16.6. The molecule has 22 heavy (non-hydrogen) atoms. The average Bonchev–Trinajstić information content (AvgIpc) is 2.91. The van der Waals surface area contributed by atoms with E-state index in [2.05, 4.69) is 4.98 Å². The molecule has 0 bridgehead atoms. The Balaban J connectivity index is 1.96. The van der Waals surface area contributed by atoms with Gasteiger partial charge in [-0.25, -0.2) is 0 Å². The minimum absolute atomic E-state index is 0.0792. The first kappa shape index (κ1) is 14.7. The Morgan fingerprint density at radius 3 is 2.95 bits per heavy atom. The molecule has 0 fully saturated rings. The molecule has 2 aromatic rings. The topological polar surface area (TPSA) is 88.4 Å². The predicted molar refractivity (Wildman–Crippen MR) is 83.4 cm³/mol. The first-order chi connectivity index (χ1) is 10.5. The monoisotopic (exact) mass is 302 g/mol. The largest absolute Gasteiger partial charge is 0.365 e. The van der Waals surface area contributed by atoms with Gasteiger partial charge in [0, 0.05) is 54.2 Å². The summed E-state index contributed by atoms with van der Waals surface area (Å²) in [5.41, 5.74) is 2.98. The molecule has 1 unspecified atom stereocenters. The Morgan fingerprint density at radius 2 is 2.32 bits per heavy atom. The average molecular weight is 302 g/mol. The second kappa shape index (κ2) is 5.55. The lowest BCUT2D eigenvalue weighted by atomic mass is 9.89. The van der Waals surface area contributed by atoms with E-state index in [0.29, 0.717) is 25.9 Å². The van der Waals surface area contributed by atoms with Crippen LogP contribution in [0.4, 0.5) is 5.69 Å². The lowest BCUT2D eigenvalue weighted by Crippen LogP contribution is -2.33. The van der Waals surface area contributed by atoms with Gasteiger partial charge in [0.25, 0.3) is 5.69 Å². The molecular formula is C16H18N2O4. The van der Waals surface area contributed by atoms with Crippen LogP contribution in [0.15, 0.2) is 30.5 Å². The Bertz CT molecular complexity index is 750. The van der Waals surface area contributed by atoms with Crippen LogP contribution in [0, 0.1) is 10.1 Å². The third-order valence-electron chi connectivity index (χ3n) is 4.09. The summed E-state index contributed by atoms with van der Waals surface area (Å²) in [4.78, 5) is 13.7. The number of aromatic nitrogens is 1. The number of rotatable bonds is 4. The van der Waals surface area contributed by atoms with E-state index in [4.69, 9.17) is 4.74 Å². The van der Waals surface area contributed by atoms with Crippen LogP contribution in [0.3, 0.4) is 0 Å². The van der Waals surface area contributed by atoms with Crippen molar-refractivity contribution in [2.75, 3.05) is 6.61 Å². The van der Waals surface area contributed by atoms with Crippen molar-refractivity contribution < 1.29 is 14.8 Å². The molecule has 2 N–H and O–H groups in total. The second-order valence-corrected chi connectivity index (χ2v) is 5.50. The molecule has 6 nitrogen and oxygen atoms in total. The molecule has 1 aliphatic carbocycles. The third kappa shape index (κ3) is 2.63. The highest BCUT2D eigenvalue weighted by Crippen LogP contribution is 2.37. The van der Waals surface area contributed by atoms with Gasteiger partial charge < -0.3 is 14.8 Å². The minimum atomic E-state index is -1.09. The summed E-state index contributed by atoms with van der Waals surface area (Å²) in [7, 11) is 0. The van der Waals surface area contributed by atoms with E-state index in [9.17, 15) is 15.2 Å². The van der Waals surface area contributed by atoms with Gasteiger partial charge in [-0.15, -0.1) is 0 Å². The van der Waals surface area contributed by atoms with E-state index in [-0.39, 0.29) is 10.6 Å². The predicted octanol–water partition coefficient (Wildman–Crippen LogP) is 3.37. The summed E-state index contributed by atoms with van der Waals surface area (Å²) in [6.45, 7) is 2.33. The van der Waals surface area contributed by atoms with E-state index >= 15 is 0 Å². The molecule has 0 saturated heterocycles. The van der Waals surface area contributed by atoms with Crippen molar-refractivity contribution in [2.24, 2.45) is 0 Å². The number of benzene rings is 1. The molecular weight excluding hydrogens is 284 g/mol. The molecule has 0 spiro atoms. The number of nitro groups is 1. The number of nitrogens with zero attached hydrogens (tertiary/aromatic N) is 1. The van der Waals surface area contributed by atoms with Crippen molar-refractivity contribution >= 4 is 22.2 Å². The summed E-state index contributed by atoms with van der Waals surface area (Å²) in [5, 5.41) is 22.0. The number of hydrogen-bond acceptors (Lipinski definition) is 4. The van der Waals surface area contributed by atoms with E-state index in [1.807, 2.05) is 19.2 Å². The van der Waals surface area contributed by atoms with Crippen LogP contribution < -0.4 is 0 Å². The van der Waals surface area contributed by atoms with Crippen LogP contribution in [0.1, 0.15) is 31.7 Å². The maximum atomic E-state index is 10.9. The Kier molecular flexibility index (Phi) is 3.72. The first-order valence-electron chi connectivity index (χ1n) is 7.34. The number of nitro benzene ring substituents is 1. The van der Waals surface area contributed by atoms with Gasteiger partial charge >= 0.3 is 0 Å². The zero-order chi connectivity index (χ0) is 15.7. The maximum absolute atomic E-state index is 10.9. The van der Waals surface area contributed by atoms with Gasteiger partial charge in [-0.3, -0.25) is 10.1 Å². The van der Waals surface area contributed by atoms with E-state index < -0.39 is 5.79 Å². The number of hydrogen-bond donors (Lipinski definition) is 2. The fourth-order valence-electron chi connectivity index (χ4n) is 2.95. The van der Waals surface area contributed by atoms with Crippen LogP contribution in [0.2, 0.25) is 0 Å². The lowest BCUT2D eigenvalue weighted by Gasteiger charge is -2.31. The molecule has 1 atom stereocenters. The van der Waals surface area contributed by atoms with Crippen molar-refractivity contribution in [3.05, 3.63) is 46.1 Å². The maximum Gasteiger partial charge on any atom is 0.270 e. The van der Waals surface area contributed by atoms with Crippen molar-refractivity contribution in [1.29, 1.82) is 0 Å². The molecule has 0 amide bonds. The highest BCUT2D eigenvalue weighted by molar-refractivity contribution is 5.94. The van der Waals surface area contributed by atoms with Crippen LogP contribution in [0.5, 0.6) is 0 Å². The zero-order valence-electron chi connectivity index (χ0n) is 12.3. The molecule has 1 heterocycles. The fourth-order valence-corrected chi connectivity index (χ4v) is 2.95. The number of nitrogens with one attached hydrogen (secondary N) is 1. The van der Waals surface area contributed by atoms with Gasteiger partial charge in [-0.1, -0.05) is 6.08 Å². The Labute approximate surface area is 127 Å². The SMILES string of the molecule is CCOC1(O)CC=C(c2c[nH]c3ccc([N+](=O)[O-])cc23)CC1. The summed E-state index contributed by atoms with van der Waals surface area (Å²) in [6.07, 6.45) is 5.45. The highest BCUT2D eigenvalue weighted by Gasteiger charge is 2.30. The van der Waals surface area contributed by atoms with Gasteiger partial charge in [-0.2, -0.15) is 0 Å². The van der Waals surface area contributed by atoms with Crippen molar-refractivity contribution in [1.82, 2.24) is 4.98 Å². The number of non-ortho nitro benzene ring substituents is 1. The summed E-state index contributed by atoms with van der Waals surface area (Å²) in [6, 6.07) is 4.80. The van der Waals surface area contributed by atoms with Crippen LogP contribution >= 0.6 is 0 Å². The number of fused-ring (bicyclic) bond motifs is 1. The van der Waals surface area contributed by atoms with Gasteiger partial charge in [0.1, 0.15) is 0 Å². The first-order valence-corrected chi connectivity index (χ1v) is 7.34. The lowest BCUT2D eigenvalue weighted by molar-refractivity contribution is -0.384. The normalized spacial score (nSPS) is 21.8. The summed E-state index contributed by atoms with van der Waals surface area (Å²) in [5.74, 6) is -1.09. The Hall–Kier alpha value is -2.18. The minimum Gasteiger partial charge on any atom is -0.365 e.